The standard InChI is InChI=1S/C18H30N2O/c1-17(2,3)15-11-20(18(4,5)6)12-16(15)21-13-14-9-7-8-10-19-14/h7-10,15-16H,11-13H2,1-6H3/t15?,16-/m0/s1. The van der Waals surface area contributed by atoms with Crippen molar-refractivity contribution in [1.82, 2.24) is 9.88 Å². The minimum Gasteiger partial charge on any atom is -0.370 e. The molecule has 2 atom stereocenters. The molecule has 3 nitrogen and oxygen atoms in total. The van der Waals surface area contributed by atoms with Crippen molar-refractivity contribution >= 4 is 0 Å². The molecule has 1 aromatic heterocycles. The maximum atomic E-state index is 6.25. The Balaban J connectivity index is 2.05. The fraction of sp³-hybridized carbons (Fsp3) is 0.722. The lowest BCUT2D eigenvalue weighted by Gasteiger charge is -2.33. The summed E-state index contributed by atoms with van der Waals surface area (Å²) >= 11 is 0. The number of ether oxygens (including phenoxy) is 1. The lowest BCUT2D eigenvalue weighted by Crippen LogP contribution is -2.40. The first-order valence-corrected chi connectivity index (χ1v) is 7.94. The van der Waals surface area contributed by atoms with Gasteiger partial charge in [-0.3, -0.25) is 9.88 Å². The van der Waals surface area contributed by atoms with Crippen LogP contribution < -0.4 is 0 Å². The average molecular weight is 290 g/mol. The summed E-state index contributed by atoms with van der Waals surface area (Å²) in [5, 5.41) is 0. The van der Waals surface area contributed by atoms with E-state index in [2.05, 4.69) is 51.4 Å². The number of hydrogen-bond acceptors (Lipinski definition) is 3. The molecule has 2 heterocycles. The monoisotopic (exact) mass is 290 g/mol. The Morgan fingerprint density at radius 2 is 1.86 bits per heavy atom. The molecule has 1 aliphatic heterocycles. The van der Waals surface area contributed by atoms with E-state index in [0.29, 0.717) is 12.5 Å². The number of aromatic nitrogens is 1. The molecule has 0 N–H and O–H groups in total. The van der Waals surface area contributed by atoms with E-state index in [1.54, 1.807) is 0 Å². The van der Waals surface area contributed by atoms with Crippen molar-refractivity contribution in [3.8, 4) is 0 Å². The quantitative estimate of drug-likeness (QED) is 0.848. The van der Waals surface area contributed by atoms with Gasteiger partial charge in [0.15, 0.2) is 0 Å². The van der Waals surface area contributed by atoms with Crippen LogP contribution in [-0.4, -0.2) is 34.6 Å². The zero-order chi connectivity index (χ0) is 15.7. The summed E-state index contributed by atoms with van der Waals surface area (Å²) in [6.45, 7) is 16.5. The van der Waals surface area contributed by atoms with Crippen LogP contribution in [0.1, 0.15) is 47.2 Å². The molecule has 2 rings (SSSR count). The van der Waals surface area contributed by atoms with Gasteiger partial charge in [0, 0.05) is 30.7 Å². The van der Waals surface area contributed by atoms with E-state index in [4.69, 9.17) is 4.74 Å². The van der Waals surface area contributed by atoms with E-state index < -0.39 is 0 Å². The van der Waals surface area contributed by atoms with Crippen molar-refractivity contribution in [3.63, 3.8) is 0 Å². The third-order valence-electron chi connectivity index (χ3n) is 4.50. The molecule has 3 heteroatoms. The number of likely N-dealkylation sites (tertiary alicyclic amines) is 1. The Bertz CT molecular complexity index is 445. The molecule has 21 heavy (non-hydrogen) atoms. The molecule has 0 bridgehead atoms. The Morgan fingerprint density at radius 1 is 1.14 bits per heavy atom. The smallest absolute Gasteiger partial charge is 0.0892 e. The van der Waals surface area contributed by atoms with Crippen LogP contribution in [0.15, 0.2) is 24.4 Å². The third kappa shape index (κ3) is 4.27. The fourth-order valence-electron chi connectivity index (χ4n) is 3.00. The van der Waals surface area contributed by atoms with E-state index in [1.165, 1.54) is 0 Å². The molecule has 118 valence electrons. The van der Waals surface area contributed by atoms with Crippen LogP contribution in [0.25, 0.3) is 0 Å². The maximum absolute atomic E-state index is 6.25. The normalized spacial score (nSPS) is 24.5. The molecule has 1 unspecified atom stereocenters. The van der Waals surface area contributed by atoms with Gasteiger partial charge in [-0.1, -0.05) is 26.8 Å². The van der Waals surface area contributed by atoms with E-state index in [1.807, 2.05) is 24.4 Å². The lowest BCUT2D eigenvalue weighted by molar-refractivity contribution is -0.00896. The van der Waals surface area contributed by atoms with E-state index in [9.17, 15) is 0 Å². The lowest BCUT2D eigenvalue weighted by atomic mass is 9.79. The van der Waals surface area contributed by atoms with Crippen LogP contribution >= 0.6 is 0 Å². The Kier molecular flexibility index (Phi) is 4.74. The van der Waals surface area contributed by atoms with Gasteiger partial charge in [-0.15, -0.1) is 0 Å². The minimum absolute atomic E-state index is 0.201. The molecule has 0 aromatic carbocycles. The van der Waals surface area contributed by atoms with Crippen LogP contribution in [0, 0.1) is 11.3 Å². The van der Waals surface area contributed by atoms with Crippen molar-refractivity contribution < 1.29 is 4.74 Å². The molecule has 0 aliphatic carbocycles. The Morgan fingerprint density at radius 3 is 2.38 bits per heavy atom. The van der Waals surface area contributed by atoms with Crippen molar-refractivity contribution in [2.45, 2.75) is 59.8 Å². The van der Waals surface area contributed by atoms with E-state index in [-0.39, 0.29) is 17.1 Å². The first-order chi connectivity index (χ1) is 9.68. The molecule has 1 fully saturated rings. The molecule has 1 aliphatic rings. The molecule has 1 saturated heterocycles. The molecule has 0 radical (unpaired) electrons. The van der Waals surface area contributed by atoms with Gasteiger partial charge in [-0.05, 0) is 38.3 Å². The third-order valence-corrected chi connectivity index (χ3v) is 4.50. The molecule has 0 saturated carbocycles. The summed E-state index contributed by atoms with van der Waals surface area (Å²) in [6.07, 6.45) is 2.11. The van der Waals surface area contributed by atoms with E-state index >= 15 is 0 Å². The first kappa shape index (κ1) is 16.4. The van der Waals surface area contributed by atoms with Crippen LogP contribution in [0.3, 0.4) is 0 Å². The molecule has 1 aromatic rings. The highest BCUT2D eigenvalue weighted by molar-refractivity contribution is 5.02. The zero-order valence-electron chi connectivity index (χ0n) is 14.4. The molecular weight excluding hydrogens is 260 g/mol. The largest absolute Gasteiger partial charge is 0.370 e. The molecular formula is C18H30N2O. The molecule has 0 spiro atoms. The summed E-state index contributed by atoms with van der Waals surface area (Å²) < 4.78 is 6.25. The highest BCUT2D eigenvalue weighted by Crippen LogP contribution is 2.38. The first-order valence-electron chi connectivity index (χ1n) is 7.94. The van der Waals surface area contributed by atoms with Gasteiger partial charge in [0.2, 0.25) is 0 Å². The average Bonchev–Trinajstić information content (AvgIpc) is 2.81. The van der Waals surface area contributed by atoms with Crippen LogP contribution in [-0.2, 0) is 11.3 Å². The number of nitrogens with zero attached hydrogens (tertiary/aromatic N) is 2. The van der Waals surface area contributed by atoms with Gasteiger partial charge in [0.05, 0.1) is 18.4 Å². The highest BCUT2D eigenvalue weighted by atomic mass is 16.5. The molecule has 0 amide bonds. The van der Waals surface area contributed by atoms with Crippen molar-refractivity contribution in [2.24, 2.45) is 11.3 Å². The minimum atomic E-state index is 0.201. The van der Waals surface area contributed by atoms with Gasteiger partial charge < -0.3 is 4.74 Å². The van der Waals surface area contributed by atoms with Gasteiger partial charge >= 0.3 is 0 Å². The zero-order valence-corrected chi connectivity index (χ0v) is 14.4. The predicted octanol–water partition coefficient (Wildman–Crippen LogP) is 3.74. The van der Waals surface area contributed by atoms with Crippen molar-refractivity contribution in [2.75, 3.05) is 13.1 Å². The fourth-order valence-corrected chi connectivity index (χ4v) is 3.00. The number of hydrogen-bond donors (Lipinski definition) is 0. The van der Waals surface area contributed by atoms with E-state index in [0.717, 1.165) is 18.8 Å². The maximum Gasteiger partial charge on any atom is 0.0892 e. The predicted molar refractivity (Wildman–Crippen MR) is 87.1 cm³/mol. The topological polar surface area (TPSA) is 25.4 Å². The van der Waals surface area contributed by atoms with Crippen LogP contribution in [0.4, 0.5) is 0 Å². The van der Waals surface area contributed by atoms with Gasteiger partial charge in [0.1, 0.15) is 0 Å². The second-order valence-electron chi connectivity index (χ2n) is 8.22. The summed E-state index contributed by atoms with van der Waals surface area (Å²) in [5.74, 6) is 0.556. The van der Waals surface area contributed by atoms with Crippen molar-refractivity contribution in [3.05, 3.63) is 30.1 Å². The SMILES string of the molecule is CC(C)(C)C1CN(C(C)(C)C)C[C@@H]1OCc1ccccn1. The second-order valence-corrected chi connectivity index (χ2v) is 8.22. The Hall–Kier alpha value is -0.930. The van der Waals surface area contributed by atoms with Gasteiger partial charge in [-0.25, -0.2) is 0 Å². The van der Waals surface area contributed by atoms with Crippen molar-refractivity contribution in [1.29, 1.82) is 0 Å². The number of rotatable bonds is 3. The Labute approximate surface area is 129 Å². The van der Waals surface area contributed by atoms with Crippen LogP contribution in [0.5, 0.6) is 0 Å². The second kappa shape index (κ2) is 6.05. The van der Waals surface area contributed by atoms with Gasteiger partial charge in [0.25, 0.3) is 0 Å². The summed E-state index contributed by atoms with van der Waals surface area (Å²) in [4.78, 5) is 6.90. The van der Waals surface area contributed by atoms with Gasteiger partial charge in [-0.2, -0.15) is 0 Å². The number of pyridine rings is 1. The summed E-state index contributed by atoms with van der Waals surface area (Å²) in [5.41, 5.74) is 1.47. The summed E-state index contributed by atoms with van der Waals surface area (Å²) in [7, 11) is 0. The highest BCUT2D eigenvalue weighted by Gasteiger charge is 2.43. The summed E-state index contributed by atoms with van der Waals surface area (Å²) in [6, 6.07) is 5.99. The van der Waals surface area contributed by atoms with Crippen LogP contribution in [0.2, 0.25) is 0 Å².